The zero-order chi connectivity index (χ0) is 25.3. The molecule has 1 saturated heterocycles. The van der Waals surface area contributed by atoms with Crippen LogP contribution in [0.2, 0.25) is 0 Å². The van der Waals surface area contributed by atoms with E-state index in [-0.39, 0.29) is 15.6 Å². The Bertz CT molecular complexity index is 1560. The third-order valence-corrected chi connectivity index (χ3v) is 7.68. The van der Waals surface area contributed by atoms with Gasteiger partial charge in [0.15, 0.2) is 5.13 Å². The lowest BCUT2D eigenvalue weighted by Gasteiger charge is -2.14. The summed E-state index contributed by atoms with van der Waals surface area (Å²) in [5.74, 6) is -0.241. The summed E-state index contributed by atoms with van der Waals surface area (Å²) in [5, 5.41) is 3.16. The summed E-state index contributed by atoms with van der Waals surface area (Å²) in [6.07, 6.45) is 3.77. The lowest BCUT2D eigenvalue weighted by molar-refractivity contribution is -0.117. The average Bonchev–Trinajstić information content (AvgIpc) is 3.62. The van der Waals surface area contributed by atoms with E-state index in [0.717, 1.165) is 12.0 Å². The maximum Gasteiger partial charge on any atom is 0.282 e. The lowest BCUT2D eigenvalue weighted by Crippen LogP contribution is -2.35. The first kappa shape index (κ1) is 23.5. The van der Waals surface area contributed by atoms with Crippen molar-refractivity contribution in [2.45, 2.75) is 18.2 Å². The number of thiazole rings is 1. The van der Waals surface area contributed by atoms with Gasteiger partial charge in [0.25, 0.3) is 21.8 Å². The fourth-order valence-electron chi connectivity index (χ4n) is 3.59. The van der Waals surface area contributed by atoms with Crippen LogP contribution in [0.4, 0.5) is 10.8 Å². The monoisotopic (exact) mass is 520 g/mol. The van der Waals surface area contributed by atoms with Gasteiger partial charge < -0.3 is 4.42 Å². The number of nitrogens with zero attached hydrogens (tertiary/aromatic N) is 2. The molecule has 5 rings (SSSR count). The number of aryl methyl sites for hydroxylation is 1. The minimum absolute atomic E-state index is 0.0508. The number of carbonyl (C=O) groups excluding carboxylic acids is 2. The Morgan fingerprint density at radius 3 is 2.47 bits per heavy atom. The summed E-state index contributed by atoms with van der Waals surface area (Å²) >= 11 is 1.18. The van der Waals surface area contributed by atoms with Gasteiger partial charge in [0.1, 0.15) is 17.1 Å². The second-order valence-corrected chi connectivity index (χ2v) is 10.4. The summed E-state index contributed by atoms with van der Waals surface area (Å²) in [7, 11) is -3.77. The minimum Gasteiger partial charge on any atom is -0.457 e. The molecule has 0 aliphatic carbocycles. The van der Waals surface area contributed by atoms with Crippen LogP contribution in [-0.4, -0.2) is 25.2 Å². The van der Waals surface area contributed by atoms with Crippen molar-refractivity contribution >= 4 is 50.1 Å². The summed E-state index contributed by atoms with van der Waals surface area (Å²) in [6.45, 7) is 2.04. The van der Waals surface area contributed by atoms with Crippen molar-refractivity contribution in [1.29, 1.82) is 0 Å². The molecule has 9 nitrogen and oxygen atoms in total. The molecule has 0 radical (unpaired) electrons. The van der Waals surface area contributed by atoms with Gasteiger partial charge in [-0.3, -0.25) is 19.7 Å². The van der Waals surface area contributed by atoms with Crippen LogP contribution >= 0.6 is 11.3 Å². The van der Waals surface area contributed by atoms with E-state index < -0.39 is 21.8 Å². The first-order valence-electron chi connectivity index (χ1n) is 10.9. The van der Waals surface area contributed by atoms with Crippen molar-refractivity contribution in [3.63, 3.8) is 0 Å². The number of aromatic nitrogens is 1. The van der Waals surface area contributed by atoms with E-state index in [4.69, 9.17) is 4.42 Å². The van der Waals surface area contributed by atoms with Crippen LogP contribution < -0.4 is 15.2 Å². The van der Waals surface area contributed by atoms with Crippen molar-refractivity contribution in [2.24, 2.45) is 0 Å². The van der Waals surface area contributed by atoms with Crippen molar-refractivity contribution in [3.8, 4) is 11.3 Å². The first-order chi connectivity index (χ1) is 17.3. The molecular formula is C25H20N4O5S2. The highest BCUT2D eigenvalue weighted by Crippen LogP contribution is 2.27. The maximum atomic E-state index is 12.9. The number of furan rings is 1. The summed E-state index contributed by atoms with van der Waals surface area (Å²) in [6, 6.07) is 16.8. The number of hydrogen-bond acceptors (Lipinski definition) is 7. The lowest BCUT2D eigenvalue weighted by atomic mass is 10.1. The van der Waals surface area contributed by atoms with E-state index in [9.17, 15) is 18.0 Å². The molecule has 0 spiro atoms. The van der Waals surface area contributed by atoms with E-state index >= 15 is 0 Å². The standard InChI is InChI=1S/C25H20N4O5S2/c1-2-16-3-7-18(8-4-16)29-24(31)21(23(30)27-29)15-19-9-12-22(34-19)17-5-10-20(11-6-17)36(32,33)28-25-26-13-14-35-25/h3-15H,2H2,1H3,(H,26,28)(H,27,30). The molecule has 11 heteroatoms. The highest BCUT2D eigenvalue weighted by Gasteiger charge is 2.34. The Morgan fingerprint density at radius 2 is 1.81 bits per heavy atom. The van der Waals surface area contributed by atoms with Gasteiger partial charge in [-0.15, -0.1) is 11.3 Å². The van der Waals surface area contributed by atoms with Crippen LogP contribution in [0.3, 0.4) is 0 Å². The second kappa shape index (κ2) is 9.44. The van der Waals surface area contributed by atoms with E-state index in [0.29, 0.717) is 22.8 Å². The molecule has 2 N–H and O–H groups in total. The molecule has 2 aromatic carbocycles. The number of carbonyl (C=O) groups is 2. The van der Waals surface area contributed by atoms with Crippen LogP contribution in [0.15, 0.2) is 87.1 Å². The van der Waals surface area contributed by atoms with Crippen molar-refractivity contribution in [2.75, 3.05) is 9.73 Å². The molecule has 0 unspecified atom stereocenters. The van der Waals surface area contributed by atoms with Crippen LogP contribution in [0.1, 0.15) is 18.2 Å². The molecule has 1 aliphatic heterocycles. The number of anilines is 2. The molecule has 2 amide bonds. The van der Waals surface area contributed by atoms with Gasteiger partial charge in [0.05, 0.1) is 10.6 Å². The molecule has 182 valence electrons. The fraction of sp³-hybridized carbons (Fsp3) is 0.0800. The van der Waals surface area contributed by atoms with Crippen molar-refractivity contribution in [1.82, 2.24) is 10.4 Å². The molecular weight excluding hydrogens is 500 g/mol. The molecule has 0 atom stereocenters. The summed E-state index contributed by atoms with van der Waals surface area (Å²) in [5.41, 5.74) is 4.84. The predicted octanol–water partition coefficient (Wildman–Crippen LogP) is 4.23. The van der Waals surface area contributed by atoms with Crippen molar-refractivity contribution < 1.29 is 22.4 Å². The highest BCUT2D eigenvalue weighted by atomic mass is 32.2. The number of nitrogens with one attached hydrogen (secondary N) is 2. The van der Waals surface area contributed by atoms with Crippen LogP contribution in [0.25, 0.3) is 17.4 Å². The van der Waals surface area contributed by atoms with Gasteiger partial charge in [-0.25, -0.2) is 18.4 Å². The average molecular weight is 521 g/mol. The van der Waals surface area contributed by atoms with Crippen molar-refractivity contribution in [3.05, 3.63) is 89.1 Å². The second-order valence-electron chi connectivity index (χ2n) is 7.83. The number of amides is 2. The van der Waals surface area contributed by atoms with E-state index in [2.05, 4.69) is 15.1 Å². The van der Waals surface area contributed by atoms with Gasteiger partial charge in [-0.1, -0.05) is 19.1 Å². The molecule has 0 saturated carbocycles. The SMILES string of the molecule is CCc1ccc(N2NC(=O)C(=Cc3ccc(-c4ccc(S(=O)(=O)Nc5nccs5)cc4)o3)C2=O)cc1. The number of sulfonamides is 1. The quantitative estimate of drug-likeness (QED) is 0.278. The van der Waals surface area contributed by atoms with E-state index in [1.54, 1.807) is 41.8 Å². The first-order valence-corrected chi connectivity index (χ1v) is 13.3. The van der Waals surface area contributed by atoms with E-state index in [1.165, 1.54) is 40.8 Å². The Balaban J connectivity index is 1.33. The molecule has 36 heavy (non-hydrogen) atoms. The van der Waals surface area contributed by atoms with Gasteiger partial charge in [0.2, 0.25) is 0 Å². The van der Waals surface area contributed by atoms with Gasteiger partial charge >= 0.3 is 0 Å². The third kappa shape index (κ3) is 4.66. The number of rotatable bonds is 7. The summed E-state index contributed by atoms with van der Waals surface area (Å²) in [4.78, 5) is 29.3. The molecule has 1 aliphatic rings. The zero-order valence-electron chi connectivity index (χ0n) is 19.0. The van der Waals surface area contributed by atoms with Gasteiger partial charge in [-0.05, 0) is 66.6 Å². The van der Waals surface area contributed by atoms with Gasteiger partial charge in [-0.2, -0.15) is 0 Å². The van der Waals surface area contributed by atoms with Crippen LogP contribution in [-0.2, 0) is 26.0 Å². The highest BCUT2D eigenvalue weighted by molar-refractivity contribution is 7.93. The molecule has 2 aromatic heterocycles. The topological polar surface area (TPSA) is 122 Å². The Kier molecular flexibility index (Phi) is 6.17. The smallest absolute Gasteiger partial charge is 0.282 e. The molecule has 4 aromatic rings. The number of hydrogen-bond donors (Lipinski definition) is 2. The Hall–Kier alpha value is -4.22. The molecule has 3 heterocycles. The fourth-order valence-corrected chi connectivity index (χ4v) is 5.38. The number of benzene rings is 2. The van der Waals surface area contributed by atoms with Crippen LogP contribution in [0, 0.1) is 0 Å². The molecule has 1 fully saturated rings. The van der Waals surface area contributed by atoms with Gasteiger partial charge in [0, 0.05) is 17.1 Å². The third-order valence-electron chi connectivity index (χ3n) is 5.51. The normalized spacial score (nSPS) is 14.9. The van der Waals surface area contributed by atoms with E-state index in [1.807, 2.05) is 19.1 Å². The largest absolute Gasteiger partial charge is 0.457 e. The summed E-state index contributed by atoms with van der Waals surface area (Å²) < 4.78 is 33.3. The Labute approximate surface area is 211 Å². The zero-order valence-corrected chi connectivity index (χ0v) is 20.6. The Morgan fingerprint density at radius 1 is 1.06 bits per heavy atom. The minimum atomic E-state index is -3.77. The van der Waals surface area contributed by atoms with Crippen LogP contribution in [0.5, 0.6) is 0 Å². The number of hydrazine groups is 1. The predicted molar refractivity (Wildman–Crippen MR) is 136 cm³/mol. The molecule has 0 bridgehead atoms. The maximum absolute atomic E-state index is 12.9.